The number of hydrogen-bond donors (Lipinski definition) is 1. The molecule has 0 spiro atoms. The normalized spacial score (nSPS) is 9.79. The minimum absolute atomic E-state index is 0.217. The van der Waals surface area contributed by atoms with Crippen molar-refractivity contribution in [3.05, 3.63) is 48.2 Å². The van der Waals surface area contributed by atoms with Gasteiger partial charge < -0.3 is 14.8 Å². The molecule has 0 saturated heterocycles. The fraction of sp³-hybridized carbons (Fsp3) is 0.143. The number of pyridine rings is 1. The van der Waals surface area contributed by atoms with E-state index in [1.54, 1.807) is 43.5 Å². The highest BCUT2D eigenvalue weighted by Gasteiger charge is 2.07. The van der Waals surface area contributed by atoms with Crippen LogP contribution in [0.15, 0.2) is 42.6 Å². The Morgan fingerprint density at radius 2 is 2.00 bits per heavy atom. The van der Waals surface area contributed by atoms with Gasteiger partial charge in [0.05, 0.1) is 26.1 Å². The van der Waals surface area contributed by atoms with Crippen molar-refractivity contribution >= 4 is 11.6 Å². The number of nitrogens with one attached hydrogen (secondary N) is 1. The molecule has 0 atom stereocenters. The van der Waals surface area contributed by atoms with Crippen LogP contribution in [0.1, 0.15) is 10.4 Å². The van der Waals surface area contributed by atoms with E-state index >= 15 is 0 Å². The maximum Gasteiger partial charge on any atom is 0.255 e. The second-order valence-electron chi connectivity index (χ2n) is 3.78. The summed E-state index contributed by atoms with van der Waals surface area (Å²) < 4.78 is 10.0. The van der Waals surface area contributed by atoms with Gasteiger partial charge in [-0.15, -0.1) is 0 Å². The topological polar surface area (TPSA) is 60.5 Å². The molecule has 0 aliphatic heterocycles. The number of hydrogen-bond acceptors (Lipinski definition) is 4. The van der Waals surface area contributed by atoms with Gasteiger partial charge >= 0.3 is 0 Å². The Hall–Kier alpha value is -2.56. The van der Waals surface area contributed by atoms with Crippen molar-refractivity contribution in [1.29, 1.82) is 0 Å². The summed E-state index contributed by atoms with van der Waals surface area (Å²) in [6.45, 7) is 0. The van der Waals surface area contributed by atoms with E-state index < -0.39 is 0 Å². The monoisotopic (exact) mass is 258 g/mol. The Kier molecular flexibility index (Phi) is 3.97. The highest BCUT2D eigenvalue weighted by molar-refractivity contribution is 6.04. The summed E-state index contributed by atoms with van der Waals surface area (Å²) in [5.41, 5.74) is 1.13. The lowest BCUT2D eigenvalue weighted by atomic mass is 10.2. The van der Waals surface area contributed by atoms with Crippen molar-refractivity contribution in [2.75, 3.05) is 19.5 Å². The molecule has 1 amide bonds. The first kappa shape index (κ1) is 12.9. The van der Waals surface area contributed by atoms with Crippen LogP contribution in [0.3, 0.4) is 0 Å². The second-order valence-corrected chi connectivity index (χ2v) is 3.78. The van der Waals surface area contributed by atoms with E-state index in [9.17, 15) is 4.79 Å². The van der Waals surface area contributed by atoms with Gasteiger partial charge in [0, 0.05) is 11.6 Å². The third-order valence-corrected chi connectivity index (χ3v) is 2.54. The molecule has 19 heavy (non-hydrogen) atoms. The molecule has 0 saturated carbocycles. The predicted molar refractivity (Wildman–Crippen MR) is 71.7 cm³/mol. The SMILES string of the molecule is COc1cccc(C(=O)Nc2ccc(OC)nc2)c1. The zero-order valence-electron chi connectivity index (χ0n) is 10.7. The zero-order valence-corrected chi connectivity index (χ0v) is 10.7. The molecule has 1 heterocycles. The lowest BCUT2D eigenvalue weighted by molar-refractivity contribution is 0.102. The van der Waals surface area contributed by atoms with Crippen molar-refractivity contribution in [2.24, 2.45) is 0 Å². The van der Waals surface area contributed by atoms with E-state index in [1.807, 2.05) is 0 Å². The van der Waals surface area contributed by atoms with Gasteiger partial charge in [-0.3, -0.25) is 4.79 Å². The average molecular weight is 258 g/mol. The molecule has 1 N–H and O–H groups in total. The molecule has 5 heteroatoms. The van der Waals surface area contributed by atoms with Gasteiger partial charge in [0.25, 0.3) is 5.91 Å². The highest BCUT2D eigenvalue weighted by atomic mass is 16.5. The van der Waals surface area contributed by atoms with Crippen LogP contribution in [0.2, 0.25) is 0 Å². The molecular weight excluding hydrogens is 244 g/mol. The minimum atomic E-state index is -0.217. The van der Waals surface area contributed by atoms with E-state index in [2.05, 4.69) is 10.3 Å². The van der Waals surface area contributed by atoms with Crippen LogP contribution >= 0.6 is 0 Å². The Morgan fingerprint density at radius 3 is 2.63 bits per heavy atom. The van der Waals surface area contributed by atoms with E-state index in [4.69, 9.17) is 9.47 Å². The van der Waals surface area contributed by atoms with Gasteiger partial charge in [0.2, 0.25) is 5.88 Å². The van der Waals surface area contributed by atoms with Gasteiger partial charge in [-0.2, -0.15) is 0 Å². The standard InChI is InChI=1S/C14H14N2O3/c1-18-12-5-3-4-10(8-12)14(17)16-11-6-7-13(19-2)15-9-11/h3-9H,1-2H3,(H,16,17). The van der Waals surface area contributed by atoms with Crippen LogP contribution in [0.4, 0.5) is 5.69 Å². The first-order valence-electron chi connectivity index (χ1n) is 5.68. The van der Waals surface area contributed by atoms with Crippen LogP contribution < -0.4 is 14.8 Å². The van der Waals surface area contributed by atoms with Gasteiger partial charge in [-0.25, -0.2) is 4.98 Å². The van der Waals surface area contributed by atoms with Crippen molar-refractivity contribution < 1.29 is 14.3 Å². The number of carbonyl (C=O) groups excluding carboxylic acids is 1. The molecule has 5 nitrogen and oxygen atoms in total. The number of ether oxygens (including phenoxy) is 2. The Labute approximate surface area is 111 Å². The Morgan fingerprint density at radius 1 is 1.16 bits per heavy atom. The molecule has 1 aromatic heterocycles. The van der Waals surface area contributed by atoms with Crippen LogP contribution in [0.25, 0.3) is 0 Å². The molecule has 2 aromatic rings. The second kappa shape index (κ2) is 5.86. The number of anilines is 1. The van der Waals surface area contributed by atoms with E-state index in [0.717, 1.165) is 0 Å². The lowest BCUT2D eigenvalue weighted by Gasteiger charge is -2.07. The van der Waals surface area contributed by atoms with E-state index in [0.29, 0.717) is 22.9 Å². The van der Waals surface area contributed by atoms with Crippen molar-refractivity contribution in [2.45, 2.75) is 0 Å². The highest BCUT2D eigenvalue weighted by Crippen LogP contribution is 2.15. The summed E-state index contributed by atoms with van der Waals surface area (Å²) >= 11 is 0. The number of rotatable bonds is 4. The molecule has 0 aliphatic carbocycles. The van der Waals surface area contributed by atoms with Crippen LogP contribution in [-0.4, -0.2) is 25.1 Å². The van der Waals surface area contributed by atoms with Crippen LogP contribution in [0, 0.1) is 0 Å². The number of benzene rings is 1. The fourth-order valence-corrected chi connectivity index (χ4v) is 1.54. The first-order valence-corrected chi connectivity index (χ1v) is 5.68. The molecular formula is C14H14N2O3. The smallest absolute Gasteiger partial charge is 0.255 e. The molecule has 0 aliphatic rings. The quantitative estimate of drug-likeness (QED) is 0.914. The molecule has 2 rings (SSSR count). The minimum Gasteiger partial charge on any atom is -0.497 e. The largest absolute Gasteiger partial charge is 0.497 e. The average Bonchev–Trinajstić information content (AvgIpc) is 2.48. The Bertz CT molecular complexity index is 567. The summed E-state index contributed by atoms with van der Waals surface area (Å²) in [6, 6.07) is 10.3. The number of nitrogens with zero attached hydrogens (tertiary/aromatic N) is 1. The van der Waals surface area contributed by atoms with Crippen LogP contribution in [-0.2, 0) is 0 Å². The first-order chi connectivity index (χ1) is 9.22. The third-order valence-electron chi connectivity index (χ3n) is 2.54. The number of aromatic nitrogens is 1. The molecule has 98 valence electrons. The summed E-state index contributed by atoms with van der Waals surface area (Å²) in [4.78, 5) is 16.0. The number of carbonyl (C=O) groups is 1. The number of methoxy groups -OCH3 is 2. The van der Waals surface area contributed by atoms with Crippen molar-refractivity contribution in [3.63, 3.8) is 0 Å². The van der Waals surface area contributed by atoms with E-state index in [-0.39, 0.29) is 5.91 Å². The lowest BCUT2D eigenvalue weighted by Crippen LogP contribution is -2.12. The molecule has 1 aromatic carbocycles. The zero-order chi connectivity index (χ0) is 13.7. The Balaban J connectivity index is 2.11. The summed E-state index contributed by atoms with van der Waals surface area (Å²) in [7, 11) is 3.10. The van der Waals surface area contributed by atoms with Gasteiger partial charge in [-0.1, -0.05) is 6.07 Å². The summed E-state index contributed by atoms with van der Waals surface area (Å²) in [5.74, 6) is 0.922. The van der Waals surface area contributed by atoms with Crippen LogP contribution in [0.5, 0.6) is 11.6 Å². The molecule has 0 fully saturated rings. The molecule has 0 radical (unpaired) electrons. The number of amides is 1. The van der Waals surface area contributed by atoms with Gasteiger partial charge in [0.15, 0.2) is 0 Å². The molecule has 0 bridgehead atoms. The van der Waals surface area contributed by atoms with Gasteiger partial charge in [-0.05, 0) is 24.3 Å². The van der Waals surface area contributed by atoms with Crippen molar-refractivity contribution in [1.82, 2.24) is 4.98 Å². The van der Waals surface area contributed by atoms with Gasteiger partial charge in [0.1, 0.15) is 5.75 Å². The fourth-order valence-electron chi connectivity index (χ4n) is 1.54. The third kappa shape index (κ3) is 3.22. The summed E-state index contributed by atoms with van der Waals surface area (Å²) in [5, 5.41) is 2.75. The summed E-state index contributed by atoms with van der Waals surface area (Å²) in [6.07, 6.45) is 1.54. The maximum absolute atomic E-state index is 12.0. The van der Waals surface area contributed by atoms with E-state index in [1.165, 1.54) is 13.3 Å². The molecule has 0 unspecified atom stereocenters. The van der Waals surface area contributed by atoms with Crippen molar-refractivity contribution in [3.8, 4) is 11.6 Å². The predicted octanol–water partition coefficient (Wildman–Crippen LogP) is 2.35. The maximum atomic E-state index is 12.0.